The van der Waals surface area contributed by atoms with Crippen molar-refractivity contribution in [2.24, 2.45) is 5.92 Å². The molecular weight excluding hydrogens is 394 g/mol. The first-order chi connectivity index (χ1) is 12.7. The van der Waals surface area contributed by atoms with Crippen LogP contribution < -0.4 is 10.2 Å². The van der Waals surface area contributed by atoms with E-state index in [9.17, 15) is 4.79 Å². The predicted molar refractivity (Wildman–Crippen MR) is 106 cm³/mol. The summed E-state index contributed by atoms with van der Waals surface area (Å²) < 4.78 is 6.41. The Morgan fingerprint density at radius 1 is 1.27 bits per heavy atom. The van der Waals surface area contributed by atoms with Crippen molar-refractivity contribution in [3.63, 3.8) is 0 Å². The maximum Gasteiger partial charge on any atom is 0.230 e. The number of rotatable bonds is 2. The van der Waals surface area contributed by atoms with E-state index in [1.54, 1.807) is 13.3 Å². The van der Waals surface area contributed by atoms with Gasteiger partial charge in [-0.15, -0.1) is 0 Å². The Morgan fingerprint density at radius 3 is 2.85 bits per heavy atom. The number of hydrogen-bond acceptors (Lipinski definition) is 4. The molecule has 0 spiro atoms. The van der Waals surface area contributed by atoms with Gasteiger partial charge in [-0.1, -0.05) is 22.0 Å². The molecule has 2 aromatic rings. The summed E-state index contributed by atoms with van der Waals surface area (Å²) in [6, 6.07) is 9.92. The second-order valence-corrected chi connectivity index (χ2v) is 7.85. The Labute approximate surface area is 161 Å². The molecule has 1 aliphatic carbocycles. The molecule has 136 valence electrons. The lowest BCUT2D eigenvalue weighted by Crippen LogP contribution is -2.38. The number of nitrogens with one attached hydrogen (secondary N) is 1. The van der Waals surface area contributed by atoms with Gasteiger partial charge in [0.1, 0.15) is 5.82 Å². The molecule has 6 heteroatoms. The number of benzene rings is 1. The topological polar surface area (TPSA) is 54.5 Å². The molecule has 1 aromatic heterocycles. The molecule has 0 bridgehead atoms. The summed E-state index contributed by atoms with van der Waals surface area (Å²) >= 11 is 3.54. The third kappa shape index (κ3) is 3.35. The normalized spacial score (nSPS) is 22.0. The van der Waals surface area contributed by atoms with E-state index in [1.807, 2.05) is 35.2 Å². The fourth-order valence-electron chi connectivity index (χ4n) is 3.86. The zero-order valence-corrected chi connectivity index (χ0v) is 16.3. The van der Waals surface area contributed by atoms with Gasteiger partial charge in [0.2, 0.25) is 5.91 Å². The van der Waals surface area contributed by atoms with Crippen LogP contribution in [0.5, 0.6) is 0 Å². The van der Waals surface area contributed by atoms with E-state index < -0.39 is 0 Å². The summed E-state index contributed by atoms with van der Waals surface area (Å²) in [6.07, 6.45) is 5.71. The number of halogens is 1. The zero-order valence-electron chi connectivity index (χ0n) is 14.7. The summed E-state index contributed by atoms with van der Waals surface area (Å²) in [5.41, 5.74) is 2.83. The number of methoxy groups -OCH3 is 1. The van der Waals surface area contributed by atoms with Gasteiger partial charge in [-0.2, -0.15) is 0 Å². The summed E-state index contributed by atoms with van der Waals surface area (Å²) in [5.74, 6) is 1.05. The minimum Gasteiger partial charge on any atom is -0.381 e. The maximum atomic E-state index is 13.4. The van der Waals surface area contributed by atoms with Gasteiger partial charge < -0.3 is 15.0 Å². The Kier molecular flexibility index (Phi) is 4.96. The number of ether oxygens (including phenoxy) is 1. The standard InChI is InChI=1S/C20H22BrN3O2/c1-26-16-7-4-13(5-8-16)20(25)24-12-14-3-2-10-22-19(14)23-17-9-6-15(21)11-18(17)24/h2-3,6,9-11,13,16H,4-5,7-8,12H2,1H3,(H,22,23). The molecule has 0 atom stereocenters. The molecule has 1 fully saturated rings. The fraction of sp³-hybridized carbons (Fsp3) is 0.400. The number of nitrogens with zero attached hydrogens (tertiary/aromatic N) is 2. The van der Waals surface area contributed by atoms with Gasteiger partial charge in [0, 0.05) is 29.3 Å². The molecule has 1 aromatic carbocycles. The lowest BCUT2D eigenvalue weighted by molar-refractivity contribution is -0.124. The third-order valence-electron chi connectivity index (χ3n) is 5.35. The number of aromatic nitrogens is 1. The Balaban J connectivity index is 1.68. The largest absolute Gasteiger partial charge is 0.381 e. The van der Waals surface area contributed by atoms with E-state index in [0.717, 1.165) is 52.9 Å². The summed E-state index contributed by atoms with van der Waals surface area (Å²) in [7, 11) is 1.75. The highest BCUT2D eigenvalue weighted by molar-refractivity contribution is 9.10. The van der Waals surface area contributed by atoms with Crippen LogP contribution in [0.25, 0.3) is 0 Å². The smallest absolute Gasteiger partial charge is 0.230 e. The highest BCUT2D eigenvalue weighted by Crippen LogP contribution is 2.38. The monoisotopic (exact) mass is 415 g/mol. The summed E-state index contributed by atoms with van der Waals surface area (Å²) in [5, 5.41) is 3.39. The van der Waals surface area contributed by atoms with Gasteiger partial charge in [0.15, 0.2) is 0 Å². The number of carbonyl (C=O) groups excluding carboxylic acids is 1. The van der Waals surface area contributed by atoms with Crippen LogP contribution in [-0.4, -0.2) is 24.1 Å². The Hall–Kier alpha value is -1.92. The highest BCUT2D eigenvalue weighted by Gasteiger charge is 2.32. The molecule has 2 aliphatic rings. The first kappa shape index (κ1) is 17.5. The summed E-state index contributed by atoms with van der Waals surface area (Å²) in [4.78, 5) is 19.8. The van der Waals surface area contributed by atoms with Gasteiger partial charge in [-0.25, -0.2) is 4.98 Å². The van der Waals surface area contributed by atoms with Crippen molar-refractivity contribution in [3.8, 4) is 0 Å². The molecule has 1 saturated carbocycles. The molecule has 0 saturated heterocycles. The number of fused-ring (bicyclic) bond motifs is 2. The molecule has 26 heavy (non-hydrogen) atoms. The molecular formula is C20H22BrN3O2. The average Bonchev–Trinajstić information content (AvgIpc) is 2.84. The minimum atomic E-state index is 0.0476. The van der Waals surface area contributed by atoms with Crippen molar-refractivity contribution >= 4 is 39.0 Å². The SMILES string of the molecule is COC1CCC(C(=O)N2Cc3cccnc3Nc3ccc(Br)cc32)CC1. The van der Waals surface area contributed by atoms with Crippen LogP contribution in [-0.2, 0) is 16.1 Å². The van der Waals surface area contributed by atoms with Crippen LogP contribution in [0, 0.1) is 5.92 Å². The van der Waals surface area contributed by atoms with Crippen LogP contribution in [0.4, 0.5) is 17.2 Å². The number of pyridine rings is 1. The van der Waals surface area contributed by atoms with E-state index in [2.05, 4.69) is 26.2 Å². The van der Waals surface area contributed by atoms with Gasteiger partial charge >= 0.3 is 0 Å². The van der Waals surface area contributed by atoms with E-state index in [4.69, 9.17) is 4.74 Å². The second-order valence-electron chi connectivity index (χ2n) is 6.93. The lowest BCUT2D eigenvalue weighted by Gasteiger charge is -2.31. The van der Waals surface area contributed by atoms with Gasteiger partial charge in [-0.05, 0) is 49.9 Å². The van der Waals surface area contributed by atoms with Crippen molar-refractivity contribution < 1.29 is 9.53 Å². The first-order valence-corrected chi connectivity index (χ1v) is 9.79. The Morgan fingerprint density at radius 2 is 2.08 bits per heavy atom. The fourth-order valence-corrected chi connectivity index (χ4v) is 4.21. The predicted octanol–water partition coefficient (Wildman–Crippen LogP) is 4.64. The van der Waals surface area contributed by atoms with E-state index >= 15 is 0 Å². The van der Waals surface area contributed by atoms with Gasteiger partial charge in [0.05, 0.1) is 24.0 Å². The average molecular weight is 416 g/mol. The molecule has 2 heterocycles. The van der Waals surface area contributed by atoms with Crippen molar-refractivity contribution in [2.45, 2.75) is 38.3 Å². The minimum absolute atomic E-state index is 0.0476. The second kappa shape index (κ2) is 7.37. The lowest BCUT2D eigenvalue weighted by atomic mass is 9.86. The maximum absolute atomic E-state index is 13.4. The number of hydrogen-bond donors (Lipinski definition) is 1. The molecule has 5 nitrogen and oxygen atoms in total. The molecule has 0 unspecified atom stereocenters. The number of carbonyl (C=O) groups is 1. The van der Waals surface area contributed by atoms with Crippen LogP contribution in [0.1, 0.15) is 31.2 Å². The van der Waals surface area contributed by atoms with Crippen molar-refractivity contribution in [3.05, 3.63) is 46.6 Å². The molecule has 4 rings (SSSR count). The Bertz CT molecular complexity index is 818. The zero-order chi connectivity index (χ0) is 18.1. The van der Waals surface area contributed by atoms with Gasteiger partial charge in [0.25, 0.3) is 0 Å². The molecule has 1 aliphatic heterocycles. The van der Waals surface area contributed by atoms with Crippen molar-refractivity contribution in [1.29, 1.82) is 0 Å². The number of amides is 1. The van der Waals surface area contributed by atoms with Crippen LogP contribution in [0.2, 0.25) is 0 Å². The third-order valence-corrected chi connectivity index (χ3v) is 5.84. The quantitative estimate of drug-likeness (QED) is 0.775. The van der Waals surface area contributed by atoms with Crippen molar-refractivity contribution in [1.82, 2.24) is 4.98 Å². The van der Waals surface area contributed by atoms with Crippen LogP contribution >= 0.6 is 15.9 Å². The molecule has 1 amide bonds. The highest BCUT2D eigenvalue weighted by atomic mass is 79.9. The van der Waals surface area contributed by atoms with E-state index in [-0.39, 0.29) is 17.9 Å². The van der Waals surface area contributed by atoms with Crippen molar-refractivity contribution in [2.75, 3.05) is 17.3 Å². The molecule has 0 radical (unpaired) electrons. The van der Waals surface area contributed by atoms with E-state index in [1.165, 1.54) is 0 Å². The van der Waals surface area contributed by atoms with Crippen LogP contribution in [0.15, 0.2) is 41.0 Å². The number of anilines is 3. The first-order valence-electron chi connectivity index (χ1n) is 9.00. The summed E-state index contributed by atoms with van der Waals surface area (Å²) in [6.45, 7) is 0.530. The van der Waals surface area contributed by atoms with Gasteiger partial charge in [-0.3, -0.25) is 4.79 Å². The van der Waals surface area contributed by atoms with E-state index in [0.29, 0.717) is 6.54 Å². The van der Waals surface area contributed by atoms with Crippen LogP contribution in [0.3, 0.4) is 0 Å². The molecule has 1 N–H and O–H groups in total.